The lowest BCUT2D eigenvalue weighted by atomic mass is 10.2. The molecule has 30 heavy (non-hydrogen) atoms. The molecule has 0 unspecified atom stereocenters. The van der Waals surface area contributed by atoms with Gasteiger partial charge in [-0.05, 0) is 37.3 Å². The van der Waals surface area contributed by atoms with E-state index in [9.17, 15) is 9.59 Å². The summed E-state index contributed by atoms with van der Waals surface area (Å²) in [6, 6.07) is 9.58. The number of aromatic nitrogens is 4. The molecule has 0 aliphatic carbocycles. The normalized spacial score (nSPS) is 11.1. The molecule has 0 fully saturated rings. The van der Waals surface area contributed by atoms with Crippen LogP contribution in [0.25, 0.3) is 21.8 Å². The lowest BCUT2D eigenvalue weighted by Crippen LogP contribution is -2.11. The van der Waals surface area contributed by atoms with E-state index in [-0.39, 0.29) is 6.61 Å². The predicted molar refractivity (Wildman–Crippen MR) is 113 cm³/mol. The molecule has 1 aromatic carbocycles. The van der Waals surface area contributed by atoms with Crippen molar-refractivity contribution < 1.29 is 14.3 Å². The summed E-state index contributed by atoms with van der Waals surface area (Å²) >= 11 is 0. The summed E-state index contributed by atoms with van der Waals surface area (Å²) in [6.45, 7) is 1.93. The Morgan fingerprint density at radius 1 is 1.13 bits per heavy atom. The molecule has 0 radical (unpaired) electrons. The molecule has 4 aromatic rings. The number of nitrogens with zero attached hydrogens (tertiary/aromatic N) is 3. The highest BCUT2D eigenvalue weighted by molar-refractivity contribution is 6.03. The van der Waals surface area contributed by atoms with Gasteiger partial charge in [-0.1, -0.05) is 0 Å². The van der Waals surface area contributed by atoms with Gasteiger partial charge in [-0.2, -0.15) is 0 Å². The van der Waals surface area contributed by atoms with Gasteiger partial charge in [-0.15, -0.1) is 0 Å². The average Bonchev–Trinajstić information content (AvgIpc) is 3.21. The number of hydrogen-bond acceptors (Lipinski definition) is 7. The number of rotatable bonds is 6. The summed E-state index contributed by atoms with van der Waals surface area (Å²) in [4.78, 5) is 39.2. The third kappa shape index (κ3) is 4.25. The van der Waals surface area contributed by atoms with Gasteiger partial charge in [-0.25, -0.2) is 19.7 Å². The van der Waals surface area contributed by atoms with Gasteiger partial charge < -0.3 is 20.4 Å². The highest BCUT2D eigenvalue weighted by Crippen LogP contribution is 2.26. The molecule has 3 N–H and O–H groups in total. The van der Waals surface area contributed by atoms with Gasteiger partial charge in [0.15, 0.2) is 0 Å². The van der Waals surface area contributed by atoms with Crippen molar-refractivity contribution in [2.24, 2.45) is 0 Å². The molecule has 3 heterocycles. The molecule has 9 nitrogen and oxygen atoms in total. The molecule has 0 aliphatic rings. The van der Waals surface area contributed by atoms with Crippen LogP contribution in [0.1, 0.15) is 6.92 Å². The fourth-order valence-electron chi connectivity index (χ4n) is 2.90. The van der Waals surface area contributed by atoms with Crippen LogP contribution in [0.15, 0.2) is 61.2 Å². The second-order valence-corrected chi connectivity index (χ2v) is 6.29. The van der Waals surface area contributed by atoms with E-state index in [1.807, 2.05) is 30.5 Å². The molecule has 0 aliphatic heterocycles. The number of amides is 1. The molecule has 9 heteroatoms. The minimum Gasteiger partial charge on any atom is -0.463 e. The van der Waals surface area contributed by atoms with Crippen molar-refractivity contribution in [2.75, 3.05) is 17.2 Å². The third-order valence-corrected chi connectivity index (χ3v) is 4.25. The molecule has 0 bridgehead atoms. The van der Waals surface area contributed by atoms with Gasteiger partial charge in [0.2, 0.25) is 5.91 Å². The lowest BCUT2D eigenvalue weighted by Gasteiger charge is -2.09. The number of pyridine rings is 1. The molecular formula is C21H18N6O3. The average molecular weight is 402 g/mol. The number of aromatic amines is 1. The van der Waals surface area contributed by atoms with Crippen molar-refractivity contribution >= 4 is 51.0 Å². The highest BCUT2D eigenvalue weighted by Gasteiger charge is 2.09. The quantitative estimate of drug-likeness (QED) is 0.334. The minimum atomic E-state index is -0.585. The van der Waals surface area contributed by atoms with Crippen molar-refractivity contribution in [1.82, 2.24) is 19.9 Å². The van der Waals surface area contributed by atoms with Gasteiger partial charge in [-0.3, -0.25) is 4.79 Å². The van der Waals surface area contributed by atoms with Crippen LogP contribution in [0.2, 0.25) is 0 Å². The zero-order chi connectivity index (χ0) is 20.9. The van der Waals surface area contributed by atoms with Crippen LogP contribution < -0.4 is 10.6 Å². The molecule has 3 aromatic heterocycles. The number of hydrogen-bond donors (Lipinski definition) is 3. The van der Waals surface area contributed by atoms with Gasteiger partial charge in [0.25, 0.3) is 0 Å². The second kappa shape index (κ2) is 8.39. The van der Waals surface area contributed by atoms with E-state index < -0.39 is 11.9 Å². The standard InChI is InChI=1S/C21H18N6O3/c1-2-30-20(29)6-5-19(28)27-18-10-15-17(11-23-18)24-12-25-21(15)26-14-3-4-16-13(9-14)7-8-22-16/h3-12,22H,2H2,1H3,(H,23,27,28)(H,24,25,26). The summed E-state index contributed by atoms with van der Waals surface area (Å²) in [7, 11) is 0. The fourth-order valence-corrected chi connectivity index (χ4v) is 2.90. The van der Waals surface area contributed by atoms with Crippen molar-refractivity contribution in [2.45, 2.75) is 6.92 Å². The van der Waals surface area contributed by atoms with Crippen LogP contribution in [-0.4, -0.2) is 38.4 Å². The number of ether oxygens (including phenoxy) is 1. The molecular weight excluding hydrogens is 384 g/mol. The maximum atomic E-state index is 12.0. The Morgan fingerprint density at radius 3 is 2.90 bits per heavy atom. The van der Waals surface area contributed by atoms with E-state index in [0.717, 1.165) is 28.7 Å². The van der Waals surface area contributed by atoms with Gasteiger partial charge in [0, 0.05) is 40.3 Å². The number of nitrogens with one attached hydrogen (secondary N) is 3. The topological polar surface area (TPSA) is 122 Å². The number of fused-ring (bicyclic) bond motifs is 2. The molecule has 0 saturated heterocycles. The Hall–Kier alpha value is -4.27. The van der Waals surface area contributed by atoms with Crippen molar-refractivity contribution in [3.05, 3.63) is 61.2 Å². The molecule has 1 amide bonds. The van der Waals surface area contributed by atoms with Crippen molar-refractivity contribution in [3.63, 3.8) is 0 Å². The van der Waals surface area contributed by atoms with E-state index in [4.69, 9.17) is 4.74 Å². The summed E-state index contributed by atoms with van der Waals surface area (Å²) in [6.07, 6.45) is 7.03. The van der Waals surface area contributed by atoms with Gasteiger partial charge in [0.05, 0.1) is 18.3 Å². The van der Waals surface area contributed by atoms with E-state index in [1.165, 1.54) is 6.33 Å². The number of carbonyl (C=O) groups excluding carboxylic acids is 2. The zero-order valence-corrected chi connectivity index (χ0v) is 16.0. The van der Waals surface area contributed by atoms with Gasteiger partial charge in [0.1, 0.15) is 18.0 Å². The first kappa shape index (κ1) is 19.1. The Bertz CT molecular complexity index is 1260. The fraction of sp³-hybridized carbons (Fsp3) is 0.0952. The van der Waals surface area contributed by atoms with Crippen LogP contribution in [0.5, 0.6) is 0 Å². The van der Waals surface area contributed by atoms with Crippen LogP contribution in [-0.2, 0) is 14.3 Å². The Balaban J connectivity index is 1.57. The lowest BCUT2D eigenvalue weighted by molar-refractivity contribution is -0.137. The van der Waals surface area contributed by atoms with E-state index in [1.54, 1.807) is 19.2 Å². The summed E-state index contributed by atoms with van der Waals surface area (Å²) in [5.74, 6) is -0.202. The van der Waals surface area contributed by atoms with Crippen molar-refractivity contribution in [3.8, 4) is 0 Å². The summed E-state index contributed by atoms with van der Waals surface area (Å²) in [5.41, 5.74) is 2.52. The van der Waals surface area contributed by atoms with Crippen molar-refractivity contribution in [1.29, 1.82) is 0 Å². The Kier molecular flexibility index (Phi) is 5.33. The minimum absolute atomic E-state index is 0.240. The number of anilines is 3. The first-order valence-electron chi connectivity index (χ1n) is 9.23. The first-order chi connectivity index (χ1) is 14.6. The Labute approximate surface area is 171 Å². The van der Waals surface area contributed by atoms with Gasteiger partial charge >= 0.3 is 5.97 Å². The molecule has 0 atom stereocenters. The number of carbonyl (C=O) groups is 2. The number of esters is 1. The third-order valence-electron chi connectivity index (χ3n) is 4.25. The monoisotopic (exact) mass is 402 g/mol. The predicted octanol–water partition coefficient (Wildman–Crippen LogP) is 3.31. The summed E-state index contributed by atoms with van der Waals surface area (Å²) < 4.78 is 4.75. The zero-order valence-electron chi connectivity index (χ0n) is 16.0. The first-order valence-corrected chi connectivity index (χ1v) is 9.23. The van der Waals surface area contributed by atoms with Crippen LogP contribution in [0.4, 0.5) is 17.3 Å². The second-order valence-electron chi connectivity index (χ2n) is 6.29. The van der Waals surface area contributed by atoms with E-state index in [0.29, 0.717) is 22.5 Å². The van der Waals surface area contributed by atoms with Crippen LogP contribution in [0, 0.1) is 0 Å². The maximum Gasteiger partial charge on any atom is 0.330 e. The number of H-pyrrole nitrogens is 1. The van der Waals surface area contributed by atoms with E-state index in [2.05, 4.69) is 30.6 Å². The molecule has 4 rings (SSSR count). The molecule has 0 saturated carbocycles. The van der Waals surface area contributed by atoms with E-state index >= 15 is 0 Å². The largest absolute Gasteiger partial charge is 0.463 e. The van der Waals surface area contributed by atoms with Crippen LogP contribution in [0.3, 0.4) is 0 Å². The maximum absolute atomic E-state index is 12.0. The SMILES string of the molecule is CCOC(=O)C=CC(=O)Nc1cc2c(Nc3ccc4[nH]ccc4c3)ncnc2cn1. The summed E-state index contributed by atoms with van der Waals surface area (Å²) in [5, 5.41) is 7.65. The Morgan fingerprint density at radius 2 is 2.03 bits per heavy atom. The number of benzene rings is 1. The molecule has 150 valence electrons. The smallest absolute Gasteiger partial charge is 0.330 e. The van der Waals surface area contributed by atoms with Crippen LogP contribution >= 0.6 is 0 Å². The molecule has 0 spiro atoms. The highest BCUT2D eigenvalue weighted by atomic mass is 16.5.